The molecular formula is C14H11ClO2. The number of rotatable bonds is 2. The Bertz CT molecular complexity index is 576. The molecule has 86 valence electrons. The van der Waals surface area contributed by atoms with Gasteiger partial charge in [0, 0.05) is 5.02 Å². The lowest BCUT2D eigenvalue weighted by atomic mass is 9.99. The molecule has 0 aliphatic carbocycles. The van der Waals surface area contributed by atoms with Crippen LogP contribution >= 0.6 is 11.6 Å². The molecule has 0 unspecified atom stereocenters. The van der Waals surface area contributed by atoms with Crippen LogP contribution in [0.5, 0.6) is 0 Å². The van der Waals surface area contributed by atoms with Crippen molar-refractivity contribution in [2.45, 2.75) is 6.92 Å². The van der Waals surface area contributed by atoms with Gasteiger partial charge in [0.15, 0.2) is 0 Å². The number of carboxylic acid groups (broad SMARTS) is 1. The van der Waals surface area contributed by atoms with Crippen LogP contribution in [0.2, 0.25) is 5.02 Å². The zero-order valence-corrected chi connectivity index (χ0v) is 10.0. The third kappa shape index (κ3) is 2.48. The Balaban J connectivity index is 2.56. The van der Waals surface area contributed by atoms with Crippen LogP contribution < -0.4 is 0 Å². The van der Waals surface area contributed by atoms with E-state index in [0.29, 0.717) is 5.02 Å². The van der Waals surface area contributed by atoms with Crippen molar-refractivity contribution in [2.75, 3.05) is 0 Å². The van der Waals surface area contributed by atoms with E-state index in [0.717, 1.165) is 16.7 Å². The zero-order chi connectivity index (χ0) is 12.4. The summed E-state index contributed by atoms with van der Waals surface area (Å²) in [5.74, 6) is -0.925. The lowest BCUT2D eigenvalue weighted by Gasteiger charge is -2.07. The van der Waals surface area contributed by atoms with E-state index in [1.165, 1.54) is 0 Å². The molecule has 3 heteroatoms. The average molecular weight is 247 g/mol. The van der Waals surface area contributed by atoms with Crippen molar-refractivity contribution < 1.29 is 9.90 Å². The fourth-order valence-electron chi connectivity index (χ4n) is 1.72. The molecule has 0 bridgehead atoms. The molecule has 0 aromatic heterocycles. The third-order valence-corrected chi connectivity index (χ3v) is 2.86. The van der Waals surface area contributed by atoms with Gasteiger partial charge in [-0.1, -0.05) is 29.8 Å². The van der Waals surface area contributed by atoms with Gasteiger partial charge in [-0.15, -0.1) is 0 Å². The van der Waals surface area contributed by atoms with Crippen LogP contribution in [0.3, 0.4) is 0 Å². The second-order valence-electron chi connectivity index (χ2n) is 3.85. The number of aromatic carboxylic acids is 1. The highest BCUT2D eigenvalue weighted by molar-refractivity contribution is 6.30. The number of carbonyl (C=O) groups is 1. The first-order chi connectivity index (χ1) is 8.08. The van der Waals surface area contributed by atoms with E-state index >= 15 is 0 Å². The van der Waals surface area contributed by atoms with Crippen LogP contribution in [-0.4, -0.2) is 11.1 Å². The predicted octanol–water partition coefficient (Wildman–Crippen LogP) is 4.01. The fourth-order valence-corrected chi connectivity index (χ4v) is 1.90. The molecule has 0 fully saturated rings. The van der Waals surface area contributed by atoms with E-state index in [1.807, 2.05) is 31.2 Å². The molecule has 2 aromatic carbocycles. The Kier molecular flexibility index (Phi) is 3.16. The maximum absolute atomic E-state index is 10.9. The predicted molar refractivity (Wildman–Crippen MR) is 68.6 cm³/mol. The van der Waals surface area contributed by atoms with E-state index in [1.54, 1.807) is 18.2 Å². The molecule has 0 saturated carbocycles. The van der Waals surface area contributed by atoms with Gasteiger partial charge in [0.1, 0.15) is 0 Å². The molecule has 0 heterocycles. The molecule has 0 aliphatic rings. The maximum Gasteiger partial charge on any atom is 0.335 e. The van der Waals surface area contributed by atoms with Crippen LogP contribution in [-0.2, 0) is 0 Å². The molecule has 1 N–H and O–H groups in total. The van der Waals surface area contributed by atoms with Gasteiger partial charge >= 0.3 is 5.97 Å². The average Bonchev–Trinajstić information content (AvgIpc) is 2.32. The van der Waals surface area contributed by atoms with E-state index < -0.39 is 5.97 Å². The summed E-state index contributed by atoms with van der Waals surface area (Å²) in [4.78, 5) is 10.9. The number of hydrogen-bond donors (Lipinski definition) is 1. The highest BCUT2D eigenvalue weighted by Gasteiger charge is 2.07. The number of aryl methyl sites for hydroxylation is 1. The van der Waals surface area contributed by atoms with Crippen molar-refractivity contribution in [3.05, 3.63) is 58.6 Å². The summed E-state index contributed by atoms with van der Waals surface area (Å²) >= 11 is 5.95. The summed E-state index contributed by atoms with van der Waals surface area (Å²) in [5.41, 5.74) is 3.17. The number of carboxylic acids is 1. The lowest BCUT2D eigenvalue weighted by molar-refractivity contribution is 0.0697. The van der Waals surface area contributed by atoms with Gasteiger partial charge in [-0.05, 0) is 47.9 Å². The normalized spacial score (nSPS) is 10.2. The molecule has 0 saturated heterocycles. The molecule has 0 spiro atoms. The van der Waals surface area contributed by atoms with E-state index in [9.17, 15) is 4.79 Å². The Morgan fingerprint density at radius 1 is 1.18 bits per heavy atom. The second-order valence-corrected chi connectivity index (χ2v) is 4.28. The van der Waals surface area contributed by atoms with Gasteiger partial charge in [0.05, 0.1) is 5.56 Å². The van der Waals surface area contributed by atoms with Gasteiger partial charge < -0.3 is 5.11 Å². The topological polar surface area (TPSA) is 37.3 Å². The van der Waals surface area contributed by atoms with Crippen molar-refractivity contribution in [3.8, 4) is 11.1 Å². The SMILES string of the molecule is Cc1ccc(Cl)cc1-c1cccc(C(=O)O)c1. The number of benzene rings is 2. The summed E-state index contributed by atoms with van der Waals surface area (Å²) in [6.45, 7) is 1.97. The van der Waals surface area contributed by atoms with Gasteiger partial charge in [0.2, 0.25) is 0 Å². The van der Waals surface area contributed by atoms with Gasteiger partial charge in [-0.25, -0.2) is 4.79 Å². The Morgan fingerprint density at radius 2 is 1.94 bits per heavy atom. The summed E-state index contributed by atoms with van der Waals surface area (Å²) in [5, 5.41) is 9.60. The van der Waals surface area contributed by atoms with Crippen LogP contribution in [0.1, 0.15) is 15.9 Å². The largest absolute Gasteiger partial charge is 0.478 e. The first kappa shape index (κ1) is 11.7. The van der Waals surface area contributed by atoms with E-state index in [2.05, 4.69) is 0 Å². The van der Waals surface area contributed by atoms with Crippen LogP contribution in [0.25, 0.3) is 11.1 Å². The summed E-state index contributed by atoms with van der Waals surface area (Å²) in [7, 11) is 0. The minimum absolute atomic E-state index is 0.280. The van der Waals surface area contributed by atoms with E-state index in [4.69, 9.17) is 16.7 Å². The maximum atomic E-state index is 10.9. The van der Waals surface area contributed by atoms with Crippen molar-refractivity contribution in [2.24, 2.45) is 0 Å². The monoisotopic (exact) mass is 246 g/mol. The highest BCUT2D eigenvalue weighted by atomic mass is 35.5. The smallest absolute Gasteiger partial charge is 0.335 e. The van der Waals surface area contributed by atoms with Crippen molar-refractivity contribution >= 4 is 17.6 Å². The third-order valence-electron chi connectivity index (χ3n) is 2.62. The van der Waals surface area contributed by atoms with Crippen molar-refractivity contribution in [1.82, 2.24) is 0 Å². The first-order valence-electron chi connectivity index (χ1n) is 5.18. The lowest BCUT2D eigenvalue weighted by Crippen LogP contribution is -1.96. The molecule has 0 amide bonds. The molecule has 2 aromatic rings. The molecule has 0 aliphatic heterocycles. The quantitative estimate of drug-likeness (QED) is 0.869. The van der Waals surface area contributed by atoms with Gasteiger partial charge in [-0.3, -0.25) is 0 Å². The van der Waals surface area contributed by atoms with Crippen LogP contribution in [0.4, 0.5) is 0 Å². The second kappa shape index (κ2) is 4.60. The van der Waals surface area contributed by atoms with Crippen LogP contribution in [0.15, 0.2) is 42.5 Å². The zero-order valence-electron chi connectivity index (χ0n) is 9.27. The molecule has 0 atom stereocenters. The summed E-state index contributed by atoms with van der Waals surface area (Å²) < 4.78 is 0. The Labute approximate surface area is 104 Å². The molecule has 2 rings (SSSR count). The first-order valence-corrected chi connectivity index (χ1v) is 5.55. The van der Waals surface area contributed by atoms with Crippen molar-refractivity contribution in [3.63, 3.8) is 0 Å². The minimum atomic E-state index is -0.925. The summed E-state index contributed by atoms with van der Waals surface area (Å²) in [6.07, 6.45) is 0. The Morgan fingerprint density at radius 3 is 2.65 bits per heavy atom. The minimum Gasteiger partial charge on any atom is -0.478 e. The summed E-state index contributed by atoms with van der Waals surface area (Å²) in [6, 6.07) is 12.4. The highest BCUT2D eigenvalue weighted by Crippen LogP contribution is 2.27. The molecule has 2 nitrogen and oxygen atoms in total. The van der Waals surface area contributed by atoms with Crippen LogP contribution in [0, 0.1) is 6.92 Å². The van der Waals surface area contributed by atoms with Crippen molar-refractivity contribution in [1.29, 1.82) is 0 Å². The molecule has 17 heavy (non-hydrogen) atoms. The van der Waals surface area contributed by atoms with Gasteiger partial charge in [-0.2, -0.15) is 0 Å². The molecule has 0 radical (unpaired) electrons. The molecular weight excluding hydrogens is 236 g/mol. The fraction of sp³-hybridized carbons (Fsp3) is 0.0714. The number of halogens is 1. The number of hydrogen-bond acceptors (Lipinski definition) is 1. The van der Waals surface area contributed by atoms with E-state index in [-0.39, 0.29) is 5.56 Å². The van der Waals surface area contributed by atoms with Gasteiger partial charge in [0.25, 0.3) is 0 Å². The standard InChI is InChI=1S/C14H11ClO2/c1-9-5-6-12(15)8-13(9)10-3-2-4-11(7-10)14(16)17/h2-8H,1H3,(H,16,17). The Hall–Kier alpha value is -1.80.